The largest absolute Gasteiger partial charge is 0.486 e. The molecule has 2 aliphatic heterocycles. The van der Waals surface area contributed by atoms with Crippen LogP contribution in [0.2, 0.25) is 0 Å². The van der Waals surface area contributed by atoms with Gasteiger partial charge in [-0.1, -0.05) is 6.07 Å². The zero-order chi connectivity index (χ0) is 14.9. The molecule has 0 aliphatic carbocycles. The molecule has 5 nitrogen and oxygen atoms in total. The van der Waals surface area contributed by atoms with E-state index in [1.165, 1.54) is 0 Å². The highest BCUT2D eigenvalue weighted by molar-refractivity contribution is 5.57. The molecule has 22 heavy (non-hydrogen) atoms. The van der Waals surface area contributed by atoms with E-state index >= 15 is 0 Å². The smallest absolute Gasteiger partial charge is 0.231 e. The van der Waals surface area contributed by atoms with Crippen LogP contribution in [0.5, 0.6) is 23.0 Å². The molecule has 0 aromatic heterocycles. The fourth-order valence-corrected chi connectivity index (χ4v) is 2.65. The first kappa shape index (κ1) is 13.1. The van der Waals surface area contributed by atoms with Gasteiger partial charge < -0.3 is 24.3 Å². The maximum atomic E-state index is 5.64. The lowest BCUT2D eigenvalue weighted by Crippen LogP contribution is -2.16. The fraction of sp³-hybridized carbons (Fsp3) is 0.294. The number of hydrogen-bond acceptors (Lipinski definition) is 5. The first-order chi connectivity index (χ1) is 10.8. The van der Waals surface area contributed by atoms with Crippen LogP contribution < -0.4 is 24.3 Å². The predicted molar refractivity (Wildman–Crippen MR) is 82.0 cm³/mol. The maximum absolute atomic E-state index is 5.64. The highest BCUT2D eigenvalue weighted by atomic mass is 16.7. The van der Waals surface area contributed by atoms with Gasteiger partial charge in [0.15, 0.2) is 23.0 Å². The summed E-state index contributed by atoms with van der Waals surface area (Å²) in [5, 5.41) is 3.46. The molecule has 2 aromatic carbocycles. The second kappa shape index (κ2) is 5.33. The molecule has 1 N–H and O–H groups in total. The van der Waals surface area contributed by atoms with E-state index in [2.05, 4.69) is 18.3 Å². The Morgan fingerprint density at radius 3 is 2.41 bits per heavy atom. The van der Waals surface area contributed by atoms with Gasteiger partial charge >= 0.3 is 0 Å². The molecule has 0 radical (unpaired) electrons. The molecule has 114 valence electrons. The van der Waals surface area contributed by atoms with Gasteiger partial charge in [0.05, 0.1) is 0 Å². The summed E-state index contributed by atoms with van der Waals surface area (Å²) in [6.07, 6.45) is 0. The van der Waals surface area contributed by atoms with E-state index in [-0.39, 0.29) is 12.8 Å². The van der Waals surface area contributed by atoms with Gasteiger partial charge in [-0.25, -0.2) is 0 Å². The van der Waals surface area contributed by atoms with E-state index in [0.717, 1.165) is 34.2 Å². The minimum absolute atomic E-state index is 0.135. The summed E-state index contributed by atoms with van der Waals surface area (Å²) in [5.41, 5.74) is 2.13. The number of ether oxygens (including phenoxy) is 4. The number of benzene rings is 2. The highest BCUT2D eigenvalue weighted by Crippen LogP contribution is 2.36. The second-order valence-corrected chi connectivity index (χ2v) is 5.34. The molecule has 4 rings (SSSR count). The van der Waals surface area contributed by atoms with Gasteiger partial charge in [-0.2, -0.15) is 0 Å². The monoisotopic (exact) mass is 299 g/mol. The summed E-state index contributed by atoms with van der Waals surface area (Å²) in [5.74, 6) is 3.19. The molecule has 2 aliphatic rings. The van der Waals surface area contributed by atoms with Crippen molar-refractivity contribution in [3.63, 3.8) is 0 Å². The SMILES string of the molecule is CC(Nc1ccc2c(c1)OCO2)c1ccc2c(c1)OCCO2. The summed E-state index contributed by atoms with van der Waals surface area (Å²) in [6, 6.07) is 12.0. The molecular weight excluding hydrogens is 282 g/mol. The number of anilines is 1. The van der Waals surface area contributed by atoms with Crippen LogP contribution in [0.1, 0.15) is 18.5 Å². The van der Waals surface area contributed by atoms with Crippen LogP contribution in [-0.2, 0) is 0 Å². The van der Waals surface area contributed by atoms with Crippen molar-refractivity contribution < 1.29 is 18.9 Å². The second-order valence-electron chi connectivity index (χ2n) is 5.34. The van der Waals surface area contributed by atoms with Crippen molar-refractivity contribution >= 4 is 5.69 Å². The van der Waals surface area contributed by atoms with Crippen molar-refractivity contribution in [2.75, 3.05) is 25.3 Å². The van der Waals surface area contributed by atoms with Crippen LogP contribution in [0, 0.1) is 0 Å². The Labute approximate surface area is 128 Å². The van der Waals surface area contributed by atoms with Crippen molar-refractivity contribution in [1.82, 2.24) is 0 Å². The molecule has 1 atom stereocenters. The van der Waals surface area contributed by atoms with Crippen molar-refractivity contribution in [2.24, 2.45) is 0 Å². The number of fused-ring (bicyclic) bond motifs is 2. The summed E-state index contributed by atoms with van der Waals surface area (Å²) in [7, 11) is 0. The van der Waals surface area contributed by atoms with E-state index < -0.39 is 0 Å². The Bertz CT molecular complexity index is 701. The normalized spacial score (nSPS) is 16.2. The van der Waals surface area contributed by atoms with Gasteiger partial charge in [-0.05, 0) is 36.8 Å². The summed E-state index contributed by atoms with van der Waals surface area (Å²) in [6.45, 7) is 3.60. The molecule has 5 heteroatoms. The zero-order valence-electron chi connectivity index (χ0n) is 12.3. The third kappa shape index (κ3) is 2.39. The lowest BCUT2D eigenvalue weighted by Gasteiger charge is -2.21. The lowest BCUT2D eigenvalue weighted by atomic mass is 10.1. The molecule has 0 amide bonds. The molecule has 1 unspecified atom stereocenters. The summed E-state index contributed by atoms with van der Waals surface area (Å²) >= 11 is 0. The molecule has 2 heterocycles. The van der Waals surface area contributed by atoms with E-state index in [9.17, 15) is 0 Å². The van der Waals surface area contributed by atoms with Gasteiger partial charge in [-0.3, -0.25) is 0 Å². The molecule has 0 saturated carbocycles. The Balaban J connectivity index is 1.53. The Morgan fingerprint density at radius 2 is 1.50 bits per heavy atom. The van der Waals surface area contributed by atoms with Crippen molar-refractivity contribution in [2.45, 2.75) is 13.0 Å². The van der Waals surface area contributed by atoms with Crippen molar-refractivity contribution in [3.05, 3.63) is 42.0 Å². The molecule has 0 saturated heterocycles. The van der Waals surface area contributed by atoms with Crippen LogP contribution in [0.25, 0.3) is 0 Å². The van der Waals surface area contributed by atoms with Gasteiger partial charge in [0, 0.05) is 17.8 Å². The third-order valence-electron chi connectivity index (χ3n) is 3.82. The molecular formula is C17H17NO4. The van der Waals surface area contributed by atoms with Gasteiger partial charge in [0.2, 0.25) is 6.79 Å². The average molecular weight is 299 g/mol. The molecule has 0 bridgehead atoms. The Morgan fingerprint density at radius 1 is 0.818 bits per heavy atom. The predicted octanol–water partition coefficient (Wildman–Crippen LogP) is 3.36. The van der Waals surface area contributed by atoms with Crippen LogP contribution >= 0.6 is 0 Å². The molecule has 2 aromatic rings. The van der Waals surface area contributed by atoms with Crippen molar-refractivity contribution in [3.8, 4) is 23.0 Å². The average Bonchev–Trinajstić information content (AvgIpc) is 3.02. The van der Waals surface area contributed by atoms with E-state index in [1.54, 1.807) is 0 Å². The fourth-order valence-electron chi connectivity index (χ4n) is 2.65. The van der Waals surface area contributed by atoms with Crippen LogP contribution in [0.15, 0.2) is 36.4 Å². The minimum atomic E-state index is 0.135. The molecule has 0 fully saturated rings. The number of nitrogens with one attached hydrogen (secondary N) is 1. The maximum Gasteiger partial charge on any atom is 0.231 e. The molecule has 0 spiro atoms. The van der Waals surface area contributed by atoms with Gasteiger partial charge in [-0.15, -0.1) is 0 Å². The Kier molecular flexibility index (Phi) is 3.18. The lowest BCUT2D eigenvalue weighted by molar-refractivity contribution is 0.171. The first-order valence-electron chi connectivity index (χ1n) is 7.35. The van der Waals surface area contributed by atoms with Crippen molar-refractivity contribution in [1.29, 1.82) is 0 Å². The number of rotatable bonds is 3. The topological polar surface area (TPSA) is 49.0 Å². The zero-order valence-corrected chi connectivity index (χ0v) is 12.3. The van der Waals surface area contributed by atoms with Crippen LogP contribution in [0.3, 0.4) is 0 Å². The van der Waals surface area contributed by atoms with Gasteiger partial charge in [0.1, 0.15) is 13.2 Å². The summed E-state index contributed by atoms with van der Waals surface area (Å²) < 4.78 is 21.9. The minimum Gasteiger partial charge on any atom is -0.486 e. The number of hydrogen-bond donors (Lipinski definition) is 1. The standard InChI is InChI=1S/C17H17NO4/c1-11(12-2-4-14-16(8-12)20-7-6-19-14)18-13-3-5-15-17(9-13)22-10-21-15/h2-5,8-9,11,18H,6-7,10H2,1H3. The van der Waals surface area contributed by atoms with E-state index in [0.29, 0.717) is 13.2 Å². The van der Waals surface area contributed by atoms with E-state index in [4.69, 9.17) is 18.9 Å². The van der Waals surface area contributed by atoms with E-state index in [1.807, 2.05) is 30.3 Å². The van der Waals surface area contributed by atoms with Crippen LogP contribution in [-0.4, -0.2) is 20.0 Å². The van der Waals surface area contributed by atoms with Crippen LogP contribution in [0.4, 0.5) is 5.69 Å². The quantitative estimate of drug-likeness (QED) is 0.941. The third-order valence-corrected chi connectivity index (χ3v) is 3.82. The Hall–Kier alpha value is -2.56. The van der Waals surface area contributed by atoms with Gasteiger partial charge in [0.25, 0.3) is 0 Å². The highest BCUT2D eigenvalue weighted by Gasteiger charge is 2.16. The first-order valence-corrected chi connectivity index (χ1v) is 7.35. The summed E-state index contributed by atoms with van der Waals surface area (Å²) in [4.78, 5) is 0.